The Morgan fingerprint density at radius 1 is 0.357 bits per heavy atom. The van der Waals surface area contributed by atoms with Crippen molar-refractivity contribution in [1.82, 2.24) is 0 Å². The van der Waals surface area contributed by atoms with E-state index in [0.717, 1.165) is 42.7 Å². The van der Waals surface area contributed by atoms with E-state index in [9.17, 15) is 52.7 Å². The predicted molar refractivity (Wildman–Crippen MR) is 187 cm³/mol. The molecule has 0 aromatic heterocycles. The fourth-order valence-electron chi connectivity index (χ4n) is 6.21. The van der Waals surface area contributed by atoms with Gasteiger partial charge in [0.05, 0.1) is 64.9 Å². The second kappa shape index (κ2) is 16.3. The van der Waals surface area contributed by atoms with Crippen molar-refractivity contribution in [3.63, 3.8) is 0 Å². The maximum Gasteiger partial charge on any atom is 0.416 e. The Hall–Kier alpha value is -4.20. The Morgan fingerprint density at radius 3 is 0.750 bits per heavy atom. The number of ether oxygens (including phenoxy) is 6. The summed E-state index contributed by atoms with van der Waals surface area (Å²) in [5.41, 5.74) is -9.58. The van der Waals surface area contributed by atoms with Crippen LogP contribution in [0.1, 0.15) is 33.4 Å². The molecule has 4 rings (SSSR count). The Morgan fingerprint density at radius 2 is 0.571 bits per heavy atom. The zero-order valence-electron chi connectivity index (χ0n) is 29.6. The third-order valence-corrected chi connectivity index (χ3v) is 9.56. The fourth-order valence-corrected chi connectivity index (χ4v) is 7.34. The maximum absolute atomic E-state index is 14.1. The Bertz CT molecular complexity index is 1900. The Balaban J connectivity index is 2.43. The molecule has 0 radical (unpaired) electrons. The first-order valence-electron chi connectivity index (χ1n) is 15.4. The van der Waals surface area contributed by atoms with Crippen LogP contribution in [0.2, 0.25) is 0 Å². The molecule has 0 aliphatic heterocycles. The van der Waals surface area contributed by atoms with Gasteiger partial charge in [0.15, 0.2) is 23.0 Å². The van der Waals surface area contributed by atoms with Crippen LogP contribution in [0.4, 0.5) is 52.7 Å². The smallest absolute Gasteiger partial charge is 0.416 e. The molecular weight excluding hydrogens is 916 g/mol. The van der Waals surface area contributed by atoms with E-state index in [-0.39, 0.29) is 57.4 Å². The normalized spacial score (nSPS) is 12.4. The lowest BCUT2D eigenvalue weighted by Crippen LogP contribution is -2.12. The van der Waals surface area contributed by atoms with Crippen LogP contribution in [-0.4, -0.2) is 42.7 Å². The highest BCUT2D eigenvalue weighted by molar-refractivity contribution is 9.08. The summed E-state index contributed by atoms with van der Waals surface area (Å²) >= 11 is 6.54. The molecule has 0 atom stereocenters. The number of halogens is 14. The Labute approximate surface area is 327 Å². The highest BCUT2D eigenvalue weighted by Crippen LogP contribution is 2.61. The molecule has 0 N–H and O–H groups in total. The predicted octanol–water partition coefficient (Wildman–Crippen LogP) is 12.6. The Kier molecular flexibility index (Phi) is 13.0. The van der Waals surface area contributed by atoms with E-state index < -0.39 is 91.4 Å². The minimum absolute atomic E-state index is 0.0810. The monoisotopic (exact) mass is 942 g/mol. The van der Waals surface area contributed by atoms with Gasteiger partial charge in [0, 0.05) is 32.9 Å². The number of methoxy groups -OCH3 is 6. The van der Waals surface area contributed by atoms with Crippen molar-refractivity contribution in [1.29, 1.82) is 0 Å². The number of alkyl halides is 14. The lowest BCUT2D eigenvalue weighted by atomic mass is 9.84. The highest BCUT2D eigenvalue weighted by Gasteiger charge is 2.41. The molecule has 0 aliphatic rings. The lowest BCUT2D eigenvalue weighted by Gasteiger charge is -2.29. The van der Waals surface area contributed by atoms with E-state index in [1.165, 1.54) is 0 Å². The van der Waals surface area contributed by atoms with Gasteiger partial charge in [-0.3, -0.25) is 0 Å². The van der Waals surface area contributed by atoms with E-state index in [1.807, 2.05) is 0 Å². The van der Waals surface area contributed by atoms with Crippen LogP contribution in [0.3, 0.4) is 0 Å². The summed E-state index contributed by atoms with van der Waals surface area (Å²) in [5.74, 6) is -2.14. The van der Waals surface area contributed by atoms with Gasteiger partial charge in [-0.25, -0.2) is 0 Å². The minimum atomic E-state index is -5.28. The quantitative estimate of drug-likeness (QED) is 0.110. The topological polar surface area (TPSA) is 55.4 Å². The van der Waals surface area contributed by atoms with Crippen molar-refractivity contribution in [3.05, 3.63) is 69.8 Å². The molecule has 0 unspecified atom stereocenters. The van der Waals surface area contributed by atoms with Gasteiger partial charge in [-0.05, 0) is 58.7 Å². The van der Waals surface area contributed by atoms with Gasteiger partial charge in [-0.15, -0.1) is 0 Å². The van der Waals surface area contributed by atoms with Gasteiger partial charge in [0.2, 0.25) is 11.5 Å². The van der Waals surface area contributed by atoms with Crippen LogP contribution >= 0.6 is 31.9 Å². The fraction of sp³-hybridized carbons (Fsp3) is 0.333. The van der Waals surface area contributed by atoms with Crippen molar-refractivity contribution in [2.75, 3.05) is 42.7 Å². The van der Waals surface area contributed by atoms with E-state index in [0.29, 0.717) is 24.3 Å². The van der Waals surface area contributed by atoms with Crippen molar-refractivity contribution in [3.8, 4) is 67.9 Å². The largest absolute Gasteiger partial charge is 0.492 e. The van der Waals surface area contributed by atoms with Crippen molar-refractivity contribution in [2.24, 2.45) is 0 Å². The molecular formula is C36H28Br2F12O6. The van der Waals surface area contributed by atoms with Crippen LogP contribution < -0.4 is 28.4 Å². The van der Waals surface area contributed by atoms with Crippen LogP contribution in [0.25, 0.3) is 33.4 Å². The van der Waals surface area contributed by atoms with Crippen molar-refractivity contribution < 1.29 is 81.1 Å². The first-order valence-corrected chi connectivity index (χ1v) is 17.6. The minimum Gasteiger partial charge on any atom is -0.492 e. The zero-order chi connectivity index (χ0) is 42.3. The number of hydrogen-bond donors (Lipinski definition) is 0. The SMILES string of the molecule is COc1c(OC)c(-c2cc(C(F)(F)F)cc(C(F)(F)F)c2)c(CBr)c(-c2c(CBr)c(-c3cc(C(F)(F)F)cc(C(F)(F)F)c3)c(OC)c(OC)c2OC)c1OC. The number of benzene rings is 4. The molecule has 4 aromatic rings. The molecule has 0 fully saturated rings. The summed E-state index contributed by atoms with van der Waals surface area (Å²) in [4.78, 5) is 0. The molecule has 0 heterocycles. The summed E-state index contributed by atoms with van der Waals surface area (Å²) in [5, 5.41) is -0.801. The van der Waals surface area contributed by atoms with Gasteiger partial charge < -0.3 is 28.4 Å². The molecule has 56 heavy (non-hydrogen) atoms. The summed E-state index contributed by atoms with van der Waals surface area (Å²) < 4.78 is 203. The van der Waals surface area contributed by atoms with Gasteiger partial charge >= 0.3 is 24.7 Å². The average molecular weight is 944 g/mol. The standard InChI is InChI=1S/C36H28Br2F12O6/c1-51-27-23(15-7-17(33(39,40)41)11-18(8-15)34(42,43)44)21(13-37)25(29(53-3)31(27)55-5)26-22(14-38)24(28(52-2)32(56-6)30(26)54-4)16-9-19(35(45,46)47)12-20(10-16)36(48,49)50/h7-12H,13-14H2,1-6H3. The van der Waals surface area contributed by atoms with Gasteiger partial charge in [-0.1, -0.05) is 31.9 Å². The molecule has 4 aromatic carbocycles. The van der Waals surface area contributed by atoms with Crippen LogP contribution in [0, 0.1) is 0 Å². The lowest BCUT2D eigenvalue weighted by molar-refractivity contribution is -0.144. The first-order chi connectivity index (χ1) is 26.0. The second-order valence-corrected chi connectivity index (χ2v) is 12.6. The first kappa shape index (κ1) is 44.5. The molecule has 0 saturated carbocycles. The molecule has 0 aliphatic carbocycles. The van der Waals surface area contributed by atoms with Crippen LogP contribution in [-0.2, 0) is 35.4 Å². The average Bonchev–Trinajstić information content (AvgIpc) is 3.13. The van der Waals surface area contributed by atoms with Gasteiger partial charge in [0.1, 0.15) is 0 Å². The van der Waals surface area contributed by atoms with E-state index in [4.69, 9.17) is 28.4 Å². The molecule has 6 nitrogen and oxygen atoms in total. The molecule has 306 valence electrons. The third kappa shape index (κ3) is 8.26. The molecule has 20 heteroatoms. The summed E-state index contributed by atoms with van der Waals surface area (Å²) in [7, 11) is 6.52. The second-order valence-electron chi connectivity index (χ2n) is 11.5. The number of rotatable bonds is 11. The van der Waals surface area contributed by atoms with E-state index >= 15 is 0 Å². The van der Waals surface area contributed by atoms with Gasteiger partial charge in [0.25, 0.3) is 0 Å². The summed E-state index contributed by atoms with van der Waals surface area (Å²) in [6.07, 6.45) is -21.1. The summed E-state index contributed by atoms with van der Waals surface area (Å²) in [6.45, 7) is 0. The molecule has 0 bridgehead atoms. The summed E-state index contributed by atoms with van der Waals surface area (Å²) in [6, 6.07) is 1.61. The third-order valence-electron chi connectivity index (χ3n) is 8.43. The maximum atomic E-state index is 14.1. The molecule has 0 spiro atoms. The molecule has 0 amide bonds. The van der Waals surface area contributed by atoms with E-state index in [2.05, 4.69) is 31.9 Å². The number of hydrogen-bond acceptors (Lipinski definition) is 6. The van der Waals surface area contributed by atoms with Crippen LogP contribution in [0.5, 0.6) is 34.5 Å². The van der Waals surface area contributed by atoms with Crippen LogP contribution in [0.15, 0.2) is 36.4 Å². The van der Waals surface area contributed by atoms with Crippen molar-refractivity contribution >= 4 is 31.9 Å². The van der Waals surface area contributed by atoms with Gasteiger partial charge in [-0.2, -0.15) is 52.7 Å². The van der Waals surface area contributed by atoms with E-state index in [1.54, 1.807) is 0 Å². The van der Waals surface area contributed by atoms with Crippen molar-refractivity contribution in [2.45, 2.75) is 35.4 Å². The molecule has 0 saturated heterocycles. The zero-order valence-corrected chi connectivity index (χ0v) is 32.8. The highest BCUT2D eigenvalue weighted by atomic mass is 79.9.